The Labute approximate surface area is 114 Å². The van der Waals surface area contributed by atoms with Crippen LogP contribution in [0.3, 0.4) is 0 Å². The van der Waals surface area contributed by atoms with Crippen LogP contribution >= 0.6 is 0 Å². The van der Waals surface area contributed by atoms with Crippen LogP contribution in [0.15, 0.2) is 42.5 Å². The highest BCUT2D eigenvalue weighted by atomic mass is 14.9. The molecule has 0 saturated carbocycles. The molecule has 2 aromatic carbocycles. The lowest BCUT2D eigenvalue weighted by Gasteiger charge is -2.14. The molecular weight excluding hydrogens is 232 g/mol. The molecule has 0 aliphatic heterocycles. The van der Waals surface area contributed by atoms with Crippen LogP contribution in [-0.2, 0) is 0 Å². The number of anilines is 1. The van der Waals surface area contributed by atoms with Gasteiger partial charge in [-0.3, -0.25) is 0 Å². The van der Waals surface area contributed by atoms with E-state index in [0.29, 0.717) is 0 Å². The molecule has 2 heteroatoms. The lowest BCUT2D eigenvalue weighted by Crippen LogP contribution is -2.08. The summed E-state index contributed by atoms with van der Waals surface area (Å²) in [5.41, 5.74) is 5.64. The van der Waals surface area contributed by atoms with Gasteiger partial charge in [-0.25, -0.2) is 0 Å². The Kier molecular flexibility index (Phi) is 3.87. The van der Waals surface area contributed by atoms with Gasteiger partial charge in [0, 0.05) is 5.69 Å². The van der Waals surface area contributed by atoms with Crippen LogP contribution in [0, 0.1) is 32.1 Å². The van der Waals surface area contributed by atoms with Crippen molar-refractivity contribution in [1.82, 2.24) is 0 Å². The topological polar surface area (TPSA) is 35.8 Å². The van der Waals surface area contributed by atoms with E-state index in [9.17, 15) is 5.26 Å². The van der Waals surface area contributed by atoms with E-state index in [1.165, 1.54) is 16.7 Å². The summed E-state index contributed by atoms with van der Waals surface area (Å²) in [5.74, 6) is 0. The second kappa shape index (κ2) is 5.58. The molecule has 0 aromatic heterocycles. The molecule has 2 nitrogen and oxygen atoms in total. The number of nitrogens with zero attached hydrogens (tertiary/aromatic N) is 1. The lowest BCUT2D eigenvalue weighted by molar-refractivity contribution is 0.991. The van der Waals surface area contributed by atoms with Crippen molar-refractivity contribution in [3.05, 3.63) is 64.7 Å². The molecule has 19 heavy (non-hydrogen) atoms. The van der Waals surface area contributed by atoms with E-state index >= 15 is 0 Å². The van der Waals surface area contributed by atoms with E-state index in [-0.39, 0.29) is 6.04 Å². The van der Waals surface area contributed by atoms with Crippen LogP contribution in [0.2, 0.25) is 0 Å². The third-order valence-electron chi connectivity index (χ3n) is 3.36. The average molecular weight is 250 g/mol. The zero-order chi connectivity index (χ0) is 13.8. The van der Waals surface area contributed by atoms with Crippen molar-refractivity contribution in [3.63, 3.8) is 0 Å². The maximum atomic E-state index is 9.34. The number of aryl methyl sites for hydroxylation is 3. The molecule has 1 N–H and O–H groups in total. The smallest absolute Gasteiger partial charge is 0.140 e. The molecule has 0 aliphatic carbocycles. The fourth-order valence-electron chi connectivity index (χ4n) is 1.95. The molecule has 1 atom stereocenters. The van der Waals surface area contributed by atoms with Gasteiger partial charge in [-0.2, -0.15) is 5.26 Å². The summed E-state index contributed by atoms with van der Waals surface area (Å²) >= 11 is 0. The van der Waals surface area contributed by atoms with Gasteiger partial charge in [-0.15, -0.1) is 0 Å². The molecule has 0 fully saturated rings. The highest BCUT2D eigenvalue weighted by molar-refractivity contribution is 5.49. The molecule has 0 aliphatic rings. The third-order valence-corrected chi connectivity index (χ3v) is 3.36. The number of nitrogens with one attached hydrogen (secondary N) is 1. The fraction of sp³-hybridized carbons (Fsp3) is 0.235. The Morgan fingerprint density at radius 1 is 0.947 bits per heavy atom. The van der Waals surface area contributed by atoms with Crippen molar-refractivity contribution < 1.29 is 0 Å². The molecule has 1 unspecified atom stereocenters. The summed E-state index contributed by atoms with van der Waals surface area (Å²) in [7, 11) is 0. The average Bonchev–Trinajstić information content (AvgIpc) is 2.41. The van der Waals surface area contributed by atoms with Crippen molar-refractivity contribution in [2.75, 3.05) is 5.32 Å². The first-order valence-corrected chi connectivity index (χ1v) is 6.40. The van der Waals surface area contributed by atoms with Crippen LogP contribution < -0.4 is 5.32 Å². The monoisotopic (exact) mass is 250 g/mol. The second-order valence-electron chi connectivity index (χ2n) is 4.92. The summed E-state index contributed by atoms with van der Waals surface area (Å²) in [6.45, 7) is 6.20. The van der Waals surface area contributed by atoms with Gasteiger partial charge in [0.2, 0.25) is 0 Å². The van der Waals surface area contributed by atoms with Crippen molar-refractivity contribution in [3.8, 4) is 6.07 Å². The Bertz CT molecular complexity index is 606. The molecule has 0 heterocycles. The minimum absolute atomic E-state index is 0.318. The van der Waals surface area contributed by atoms with Gasteiger partial charge >= 0.3 is 0 Å². The summed E-state index contributed by atoms with van der Waals surface area (Å²) in [6.07, 6.45) is 0. The lowest BCUT2D eigenvalue weighted by atomic mass is 10.0. The van der Waals surface area contributed by atoms with Crippen LogP contribution in [0.25, 0.3) is 0 Å². The van der Waals surface area contributed by atoms with Gasteiger partial charge in [0.15, 0.2) is 0 Å². The quantitative estimate of drug-likeness (QED) is 0.882. The molecule has 0 spiro atoms. The van der Waals surface area contributed by atoms with Gasteiger partial charge < -0.3 is 5.32 Å². The van der Waals surface area contributed by atoms with Gasteiger partial charge in [0.1, 0.15) is 6.04 Å². The largest absolute Gasteiger partial charge is 0.366 e. The number of nitriles is 1. The van der Waals surface area contributed by atoms with Gasteiger partial charge in [-0.05, 0) is 49.6 Å². The third kappa shape index (κ3) is 3.14. The molecule has 96 valence electrons. The van der Waals surface area contributed by atoms with E-state index in [1.54, 1.807) is 0 Å². The van der Waals surface area contributed by atoms with E-state index in [2.05, 4.69) is 44.3 Å². The first-order chi connectivity index (χ1) is 9.10. The van der Waals surface area contributed by atoms with E-state index in [4.69, 9.17) is 0 Å². The second-order valence-corrected chi connectivity index (χ2v) is 4.92. The molecule has 2 rings (SSSR count). The van der Waals surface area contributed by atoms with Crippen LogP contribution in [0.5, 0.6) is 0 Å². The predicted octanol–water partition coefficient (Wildman–Crippen LogP) is 4.29. The number of hydrogen-bond acceptors (Lipinski definition) is 2. The van der Waals surface area contributed by atoms with E-state index in [1.807, 2.05) is 30.3 Å². The Morgan fingerprint density at radius 2 is 1.63 bits per heavy atom. The zero-order valence-corrected chi connectivity index (χ0v) is 11.6. The van der Waals surface area contributed by atoms with Gasteiger partial charge in [0.25, 0.3) is 0 Å². The number of rotatable bonds is 3. The first kappa shape index (κ1) is 13.2. The van der Waals surface area contributed by atoms with Crippen molar-refractivity contribution >= 4 is 5.69 Å². The summed E-state index contributed by atoms with van der Waals surface area (Å²) < 4.78 is 0. The van der Waals surface area contributed by atoms with E-state index in [0.717, 1.165) is 11.3 Å². The van der Waals surface area contributed by atoms with E-state index < -0.39 is 0 Å². The summed E-state index contributed by atoms with van der Waals surface area (Å²) in [6, 6.07) is 16.2. The molecular formula is C17H18N2. The standard InChI is InChI=1S/C17H18N2/c1-12-4-8-16(9-5-12)19-17(11-18)15-7-6-13(2)14(3)10-15/h4-10,17,19H,1-3H3. The number of hydrogen-bond donors (Lipinski definition) is 1. The van der Waals surface area contributed by atoms with Crippen molar-refractivity contribution in [2.24, 2.45) is 0 Å². The normalized spacial score (nSPS) is 11.7. The Hall–Kier alpha value is -2.27. The van der Waals surface area contributed by atoms with Gasteiger partial charge in [-0.1, -0.05) is 35.9 Å². The summed E-state index contributed by atoms with van der Waals surface area (Å²) in [4.78, 5) is 0. The minimum atomic E-state index is -0.318. The van der Waals surface area contributed by atoms with Crippen LogP contribution in [0.4, 0.5) is 5.69 Å². The molecule has 2 aromatic rings. The molecule has 0 saturated heterocycles. The van der Waals surface area contributed by atoms with Gasteiger partial charge in [0.05, 0.1) is 6.07 Å². The zero-order valence-electron chi connectivity index (χ0n) is 11.6. The Balaban J connectivity index is 2.23. The molecule has 0 amide bonds. The fourth-order valence-corrected chi connectivity index (χ4v) is 1.95. The maximum absolute atomic E-state index is 9.34. The van der Waals surface area contributed by atoms with Crippen LogP contribution in [-0.4, -0.2) is 0 Å². The summed E-state index contributed by atoms with van der Waals surface area (Å²) in [5, 5.41) is 12.6. The first-order valence-electron chi connectivity index (χ1n) is 6.40. The maximum Gasteiger partial charge on any atom is 0.140 e. The molecule has 0 radical (unpaired) electrons. The SMILES string of the molecule is Cc1ccc(NC(C#N)c2ccc(C)c(C)c2)cc1. The Morgan fingerprint density at radius 3 is 2.21 bits per heavy atom. The highest BCUT2D eigenvalue weighted by Crippen LogP contribution is 2.21. The predicted molar refractivity (Wildman–Crippen MR) is 79.1 cm³/mol. The van der Waals surface area contributed by atoms with Crippen molar-refractivity contribution in [1.29, 1.82) is 5.26 Å². The molecule has 0 bridgehead atoms. The number of benzene rings is 2. The minimum Gasteiger partial charge on any atom is -0.366 e. The highest BCUT2D eigenvalue weighted by Gasteiger charge is 2.10. The van der Waals surface area contributed by atoms with Crippen molar-refractivity contribution in [2.45, 2.75) is 26.8 Å². The van der Waals surface area contributed by atoms with Crippen LogP contribution in [0.1, 0.15) is 28.3 Å².